The third-order valence-electron chi connectivity index (χ3n) is 3.55. The van der Waals surface area contributed by atoms with Gasteiger partial charge in [0.05, 0.1) is 17.5 Å². The molecule has 0 aliphatic carbocycles. The number of nitrogens with one attached hydrogen (secondary N) is 1. The lowest BCUT2D eigenvalue weighted by Gasteiger charge is -2.05. The van der Waals surface area contributed by atoms with E-state index in [2.05, 4.69) is 10.3 Å². The number of thioether (sulfide) groups is 1. The van der Waals surface area contributed by atoms with Gasteiger partial charge in [-0.05, 0) is 36.4 Å². The minimum absolute atomic E-state index is 0.0287. The van der Waals surface area contributed by atoms with Gasteiger partial charge in [0.2, 0.25) is 5.91 Å². The highest BCUT2D eigenvalue weighted by Crippen LogP contribution is 2.20. The highest BCUT2D eigenvalue weighted by molar-refractivity contribution is 7.99. The molecule has 0 bridgehead atoms. The largest absolute Gasteiger partial charge is 0.326 e. The predicted octanol–water partition coefficient (Wildman–Crippen LogP) is 3.66. The van der Waals surface area contributed by atoms with Crippen LogP contribution in [0.15, 0.2) is 60.0 Å². The van der Waals surface area contributed by atoms with Gasteiger partial charge < -0.3 is 5.32 Å². The summed E-state index contributed by atoms with van der Waals surface area (Å²) in [6, 6.07) is 12.8. The van der Waals surface area contributed by atoms with Crippen LogP contribution in [0.25, 0.3) is 5.52 Å². The van der Waals surface area contributed by atoms with Gasteiger partial charge in [0.1, 0.15) is 0 Å². The van der Waals surface area contributed by atoms with E-state index in [1.165, 1.54) is 11.8 Å². The van der Waals surface area contributed by atoms with Gasteiger partial charge >= 0.3 is 0 Å². The number of carbonyl (C=O) groups excluding carboxylic acids is 2. The zero-order chi connectivity index (χ0) is 16.9. The zero-order valence-corrected chi connectivity index (χ0v) is 14.0. The van der Waals surface area contributed by atoms with Gasteiger partial charge in [-0.2, -0.15) is 0 Å². The van der Waals surface area contributed by atoms with Crippen LogP contribution >= 0.6 is 11.8 Å². The number of ketones is 1. The Labute approximate surface area is 144 Å². The minimum atomic E-state index is -0.0455. The number of imidazole rings is 1. The number of nitrogens with zero attached hydrogens (tertiary/aromatic N) is 2. The van der Waals surface area contributed by atoms with E-state index in [1.54, 1.807) is 37.4 Å². The maximum atomic E-state index is 12.3. The molecule has 3 aromatic rings. The molecule has 0 unspecified atom stereocenters. The molecular weight excluding hydrogens is 322 g/mol. The summed E-state index contributed by atoms with van der Waals surface area (Å²) in [5.74, 6) is 0.297. The molecule has 1 aromatic carbocycles. The SMILES string of the molecule is CCC(=O)Nc1ccc(C(=O)CSc2ncc3ccccn23)cc1. The van der Waals surface area contributed by atoms with E-state index in [1.807, 2.05) is 28.8 Å². The van der Waals surface area contributed by atoms with Crippen molar-refractivity contribution >= 4 is 34.7 Å². The molecule has 0 aliphatic rings. The van der Waals surface area contributed by atoms with Crippen molar-refractivity contribution in [2.75, 3.05) is 11.1 Å². The molecule has 0 radical (unpaired) electrons. The van der Waals surface area contributed by atoms with E-state index in [9.17, 15) is 9.59 Å². The zero-order valence-electron chi connectivity index (χ0n) is 13.2. The number of hydrogen-bond acceptors (Lipinski definition) is 4. The van der Waals surface area contributed by atoms with Crippen LogP contribution in [0.5, 0.6) is 0 Å². The van der Waals surface area contributed by atoms with Gasteiger partial charge in [-0.15, -0.1) is 0 Å². The van der Waals surface area contributed by atoms with Crippen molar-refractivity contribution in [3.05, 3.63) is 60.4 Å². The van der Waals surface area contributed by atoms with Crippen LogP contribution in [0.2, 0.25) is 0 Å². The van der Waals surface area contributed by atoms with Crippen molar-refractivity contribution in [1.29, 1.82) is 0 Å². The standard InChI is InChI=1S/C18H17N3O2S/c1-2-17(23)20-14-8-6-13(7-9-14)16(22)12-24-18-19-11-15-5-3-4-10-21(15)18/h3-11H,2,12H2,1H3,(H,20,23). The fourth-order valence-electron chi connectivity index (χ4n) is 2.23. The minimum Gasteiger partial charge on any atom is -0.326 e. The molecule has 3 rings (SSSR count). The normalized spacial score (nSPS) is 10.7. The first-order valence-corrected chi connectivity index (χ1v) is 8.64. The third kappa shape index (κ3) is 3.65. The van der Waals surface area contributed by atoms with Crippen molar-refractivity contribution in [3.63, 3.8) is 0 Å². The Morgan fingerprint density at radius 1 is 1.17 bits per heavy atom. The molecule has 0 fully saturated rings. The molecule has 1 amide bonds. The second-order valence-electron chi connectivity index (χ2n) is 5.23. The number of benzene rings is 1. The Morgan fingerprint density at radius 2 is 1.96 bits per heavy atom. The van der Waals surface area contributed by atoms with E-state index in [0.29, 0.717) is 23.4 Å². The first kappa shape index (κ1) is 16.3. The smallest absolute Gasteiger partial charge is 0.224 e. The maximum absolute atomic E-state index is 12.3. The second-order valence-corrected chi connectivity index (χ2v) is 6.17. The summed E-state index contributed by atoms with van der Waals surface area (Å²) < 4.78 is 1.96. The fourth-order valence-corrected chi connectivity index (χ4v) is 3.09. The lowest BCUT2D eigenvalue weighted by atomic mass is 10.1. The summed E-state index contributed by atoms with van der Waals surface area (Å²) in [7, 11) is 0. The van der Waals surface area contributed by atoms with E-state index in [0.717, 1.165) is 10.7 Å². The summed E-state index contributed by atoms with van der Waals surface area (Å²) >= 11 is 1.41. The molecule has 0 spiro atoms. The molecule has 0 saturated carbocycles. The summed E-state index contributed by atoms with van der Waals surface area (Å²) in [4.78, 5) is 28.0. The maximum Gasteiger partial charge on any atom is 0.224 e. The Kier molecular flexibility index (Phi) is 4.96. The number of fused-ring (bicyclic) bond motifs is 1. The Hall–Kier alpha value is -2.60. The molecule has 24 heavy (non-hydrogen) atoms. The number of pyridine rings is 1. The Balaban J connectivity index is 1.63. The molecule has 122 valence electrons. The van der Waals surface area contributed by atoms with Crippen molar-refractivity contribution in [3.8, 4) is 0 Å². The number of aromatic nitrogens is 2. The van der Waals surface area contributed by atoms with Crippen molar-refractivity contribution in [1.82, 2.24) is 9.38 Å². The van der Waals surface area contributed by atoms with E-state index in [4.69, 9.17) is 0 Å². The van der Waals surface area contributed by atoms with E-state index in [-0.39, 0.29) is 11.7 Å². The van der Waals surface area contributed by atoms with Gasteiger partial charge in [0.15, 0.2) is 10.9 Å². The molecule has 2 heterocycles. The Morgan fingerprint density at radius 3 is 2.71 bits per heavy atom. The molecule has 0 aliphatic heterocycles. The lowest BCUT2D eigenvalue weighted by Crippen LogP contribution is -2.09. The van der Waals surface area contributed by atoms with Gasteiger partial charge in [0.25, 0.3) is 0 Å². The van der Waals surface area contributed by atoms with Crippen LogP contribution in [-0.4, -0.2) is 26.8 Å². The molecule has 0 atom stereocenters. The average Bonchev–Trinajstić information content (AvgIpc) is 3.03. The third-order valence-corrected chi connectivity index (χ3v) is 4.52. The van der Waals surface area contributed by atoms with Gasteiger partial charge in [-0.25, -0.2) is 4.98 Å². The number of amides is 1. The number of Topliss-reactive ketones (excluding diaryl/α,β-unsaturated/α-hetero) is 1. The summed E-state index contributed by atoms with van der Waals surface area (Å²) in [6.07, 6.45) is 4.15. The molecule has 0 saturated heterocycles. The van der Waals surface area contributed by atoms with Crippen LogP contribution in [-0.2, 0) is 4.79 Å². The number of carbonyl (C=O) groups is 2. The number of anilines is 1. The molecule has 1 N–H and O–H groups in total. The monoisotopic (exact) mass is 339 g/mol. The van der Waals surface area contributed by atoms with Crippen LogP contribution in [0, 0.1) is 0 Å². The predicted molar refractivity (Wildman–Crippen MR) is 95.6 cm³/mol. The fraction of sp³-hybridized carbons (Fsp3) is 0.167. The lowest BCUT2D eigenvalue weighted by molar-refractivity contribution is -0.115. The van der Waals surface area contributed by atoms with Crippen molar-refractivity contribution < 1.29 is 9.59 Å². The van der Waals surface area contributed by atoms with Crippen molar-refractivity contribution in [2.24, 2.45) is 0 Å². The summed E-state index contributed by atoms with van der Waals surface area (Å²) in [6.45, 7) is 1.80. The van der Waals surface area contributed by atoms with Gasteiger partial charge in [-0.3, -0.25) is 14.0 Å². The first-order valence-electron chi connectivity index (χ1n) is 7.65. The highest BCUT2D eigenvalue weighted by atomic mass is 32.2. The number of rotatable bonds is 6. The molecule has 6 heteroatoms. The second kappa shape index (κ2) is 7.31. The molecule has 2 aromatic heterocycles. The topological polar surface area (TPSA) is 63.5 Å². The molecule has 5 nitrogen and oxygen atoms in total. The van der Waals surface area contributed by atoms with E-state index < -0.39 is 0 Å². The van der Waals surface area contributed by atoms with Crippen LogP contribution in [0.3, 0.4) is 0 Å². The summed E-state index contributed by atoms with van der Waals surface area (Å²) in [5, 5.41) is 3.56. The van der Waals surface area contributed by atoms with Crippen molar-refractivity contribution in [2.45, 2.75) is 18.5 Å². The number of hydrogen-bond donors (Lipinski definition) is 1. The van der Waals surface area contributed by atoms with Crippen LogP contribution in [0.1, 0.15) is 23.7 Å². The average molecular weight is 339 g/mol. The summed E-state index contributed by atoms with van der Waals surface area (Å²) in [5.41, 5.74) is 2.33. The van der Waals surface area contributed by atoms with Crippen LogP contribution in [0.4, 0.5) is 5.69 Å². The van der Waals surface area contributed by atoms with Gasteiger partial charge in [-0.1, -0.05) is 24.8 Å². The highest BCUT2D eigenvalue weighted by Gasteiger charge is 2.10. The molecular formula is C18H17N3O2S. The van der Waals surface area contributed by atoms with E-state index >= 15 is 0 Å². The van der Waals surface area contributed by atoms with Gasteiger partial charge in [0, 0.05) is 23.9 Å². The quantitative estimate of drug-likeness (QED) is 0.550. The van der Waals surface area contributed by atoms with Crippen LogP contribution < -0.4 is 5.32 Å². The Bertz CT molecular complexity index is 871. The first-order chi connectivity index (χ1) is 11.7.